The number of rotatable bonds is 8. The second kappa shape index (κ2) is 7.30. The summed E-state index contributed by atoms with van der Waals surface area (Å²) in [6, 6.07) is 0.477. The van der Waals surface area contributed by atoms with E-state index in [9.17, 15) is 0 Å². The Balaban J connectivity index is 1.65. The molecule has 0 saturated carbocycles. The van der Waals surface area contributed by atoms with Gasteiger partial charge in [0.1, 0.15) is 0 Å². The van der Waals surface area contributed by atoms with Crippen LogP contribution < -0.4 is 10.6 Å². The Hall–Kier alpha value is -1.18. The Morgan fingerprint density at radius 2 is 2.39 bits per heavy atom. The third kappa shape index (κ3) is 4.25. The Morgan fingerprint density at radius 1 is 1.44 bits per heavy atom. The molecule has 1 fully saturated rings. The summed E-state index contributed by atoms with van der Waals surface area (Å²) in [7, 11) is 1.67. The fourth-order valence-electron chi connectivity index (χ4n) is 1.74. The molecule has 2 N–H and O–H groups in total. The molecule has 1 aromatic rings. The summed E-state index contributed by atoms with van der Waals surface area (Å²) in [6.07, 6.45) is 1.09. The van der Waals surface area contributed by atoms with Crippen LogP contribution in [0.5, 0.6) is 0 Å². The van der Waals surface area contributed by atoms with E-state index in [1.165, 1.54) is 0 Å². The average Bonchev–Trinajstić information content (AvgIpc) is 3.03. The van der Waals surface area contributed by atoms with Crippen LogP contribution in [0.2, 0.25) is 0 Å². The minimum Gasteiger partial charge on any atom is -0.407 e. The van der Waals surface area contributed by atoms with Crippen molar-refractivity contribution in [3.05, 3.63) is 5.89 Å². The first kappa shape index (κ1) is 13.3. The zero-order valence-electron chi connectivity index (χ0n) is 10.6. The summed E-state index contributed by atoms with van der Waals surface area (Å²) >= 11 is 0. The van der Waals surface area contributed by atoms with Gasteiger partial charge in [-0.25, -0.2) is 0 Å². The second-order valence-corrected chi connectivity index (χ2v) is 4.28. The van der Waals surface area contributed by atoms with Gasteiger partial charge in [0.05, 0.1) is 19.8 Å². The third-order valence-corrected chi connectivity index (χ3v) is 2.79. The van der Waals surface area contributed by atoms with Crippen LogP contribution in [0.25, 0.3) is 0 Å². The SMILES string of the molecule is COCCNCc1nnc(NCC2CCOC2)o1. The average molecular weight is 256 g/mol. The first-order chi connectivity index (χ1) is 8.88. The van der Waals surface area contributed by atoms with Crippen molar-refractivity contribution < 1.29 is 13.9 Å². The van der Waals surface area contributed by atoms with Crippen LogP contribution in [0, 0.1) is 5.92 Å². The molecule has 1 aromatic heterocycles. The Labute approximate surface area is 106 Å². The van der Waals surface area contributed by atoms with E-state index in [0.29, 0.717) is 31.0 Å². The van der Waals surface area contributed by atoms with Crippen LogP contribution in [-0.4, -0.2) is 50.2 Å². The van der Waals surface area contributed by atoms with E-state index in [1.54, 1.807) is 7.11 Å². The zero-order valence-corrected chi connectivity index (χ0v) is 10.6. The van der Waals surface area contributed by atoms with Crippen LogP contribution in [0.1, 0.15) is 12.3 Å². The lowest BCUT2D eigenvalue weighted by atomic mass is 10.1. The highest BCUT2D eigenvalue weighted by atomic mass is 16.5. The molecule has 0 aliphatic carbocycles. The molecule has 2 rings (SSSR count). The molecule has 1 saturated heterocycles. The van der Waals surface area contributed by atoms with Crippen molar-refractivity contribution in [2.75, 3.05) is 45.3 Å². The quantitative estimate of drug-likeness (QED) is 0.645. The van der Waals surface area contributed by atoms with Crippen LogP contribution >= 0.6 is 0 Å². The maximum Gasteiger partial charge on any atom is 0.315 e. The van der Waals surface area contributed by atoms with Crippen molar-refractivity contribution >= 4 is 6.01 Å². The predicted octanol–water partition coefficient (Wildman–Crippen LogP) is 0.254. The minimum atomic E-state index is 0.477. The Bertz CT molecular complexity index is 339. The van der Waals surface area contributed by atoms with E-state index < -0.39 is 0 Å². The smallest absolute Gasteiger partial charge is 0.315 e. The molecule has 1 atom stereocenters. The number of nitrogens with one attached hydrogen (secondary N) is 2. The van der Waals surface area contributed by atoms with Crippen molar-refractivity contribution in [3.63, 3.8) is 0 Å². The molecule has 102 valence electrons. The van der Waals surface area contributed by atoms with Gasteiger partial charge in [-0.15, -0.1) is 5.10 Å². The highest BCUT2D eigenvalue weighted by Crippen LogP contribution is 2.13. The van der Waals surface area contributed by atoms with Gasteiger partial charge in [-0.1, -0.05) is 5.10 Å². The summed E-state index contributed by atoms with van der Waals surface area (Å²) in [5.74, 6) is 1.12. The van der Waals surface area contributed by atoms with Gasteiger partial charge < -0.3 is 24.5 Å². The van der Waals surface area contributed by atoms with Gasteiger partial charge >= 0.3 is 6.01 Å². The molecule has 1 unspecified atom stereocenters. The standard InChI is InChI=1S/C11H20N4O3/c1-16-5-3-12-7-10-14-15-11(18-10)13-6-9-2-4-17-8-9/h9,12H,2-8H2,1H3,(H,13,15). The maximum atomic E-state index is 5.45. The van der Waals surface area contributed by atoms with E-state index in [4.69, 9.17) is 13.9 Å². The maximum absolute atomic E-state index is 5.45. The molecule has 18 heavy (non-hydrogen) atoms. The van der Waals surface area contributed by atoms with Crippen LogP contribution in [0.4, 0.5) is 6.01 Å². The molecule has 1 aliphatic rings. The zero-order chi connectivity index (χ0) is 12.6. The van der Waals surface area contributed by atoms with Gasteiger partial charge in [-0.2, -0.15) is 0 Å². The van der Waals surface area contributed by atoms with Gasteiger partial charge in [-0.05, 0) is 6.42 Å². The van der Waals surface area contributed by atoms with Gasteiger partial charge in [-0.3, -0.25) is 0 Å². The Kier molecular flexibility index (Phi) is 5.37. The van der Waals surface area contributed by atoms with E-state index in [2.05, 4.69) is 20.8 Å². The predicted molar refractivity (Wildman–Crippen MR) is 65.3 cm³/mol. The van der Waals surface area contributed by atoms with Crippen LogP contribution in [-0.2, 0) is 16.0 Å². The van der Waals surface area contributed by atoms with Crippen molar-refractivity contribution in [2.24, 2.45) is 5.92 Å². The number of aromatic nitrogens is 2. The van der Waals surface area contributed by atoms with Crippen LogP contribution in [0.3, 0.4) is 0 Å². The number of ether oxygens (including phenoxy) is 2. The van der Waals surface area contributed by atoms with Crippen molar-refractivity contribution in [3.8, 4) is 0 Å². The van der Waals surface area contributed by atoms with Gasteiger partial charge in [0.25, 0.3) is 0 Å². The number of anilines is 1. The summed E-state index contributed by atoms with van der Waals surface area (Å²) in [5, 5.41) is 14.2. The summed E-state index contributed by atoms with van der Waals surface area (Å²) in [6.45, 7) is 4.47. The van der Waals surface area contributed by atoms with Crippen LogP contribution in [0.15, 0.2) is 4.42 Å². The monoisotopic (exact) mass is 256 g/mol. The lowest BCUT2D eigenvalue weighted by Gasteiger charge is -2.06. The van der Waals surface area contributed by atoms with Crippen molar-refractivity contribution in [1.29, 1.82) is 0 Å². The third-order valence-electron chi connectivity index (χ3n) is 2.79. The highest BCUT2D eigenvalue weighted by molar-refractivity contribution is 5.16. The largest absolute Gasteiger partial charge is 0.407 e. The summed E-state index contributed by atoms with van der Waals surface area (Å²) < 4.78 is 15.7. The topological polar surface area (TPSA) is 81.4 Å². The first-order valence-electron chi connectivity index (χ1n) is 6.22. The van der Waals surface area contributed by atoms with Gasteiger partial charge in [0.2, 0.25) is 5.89 Å². The van der Waals surface area contributed by atoms with E-state index in [1.807, 2.05) is 0 Å². The number of hydrogen-bond acceptors (Lipinski definition) is 7. The van der Waals surface area contributed by atoms with E-state index >= 15 is 0 Å². The molecule has 0 radical (unpaired) electrons. The highest BCUT2D eigenvalue weighted by Gasteiger charge is 2.16. The number of hydrogen-bond donors (Lipinski definition) is 2. The van der Waals surface area contributed by atoms with Gasteiger partial charge in [0, 0.05) is 32.7 Å². The van der Waals surface area contributed by atoms with Crippen molar-refractivity contribution in [1.82, 2.24) is 15.5 Å². The van der Waals surface area contributed by atoms with E-state index in [-0.39, 0.29) is 0 Å². The molecule has 0 spiro atoms. The van der Waals surface area contributed by atoms with E-state index in [0.717, 1.165) is 32.7 Å². The van der Waals surface area contributed by atoms with Crippen molar-refractivity contribution in [2.45, 2.75) is 13.0 Å². The Morgan fingerprint density at radius 3 is 3.17 bits per heavy atom. The molecule has 0 aromatic carbocycles. The number of nitrogens with zero attached hydrogens (tertiary/aromatic N) is 2. The fraction of sp³-hybridized carbons (Fsp3) is 0.818. The lowest BCUT2D eigenvalue weighted by molar-refractivity contribution is 0.187. The normalized spacial score (nSPS) is 19.3. The first-order valence-corrected chi connectivity index (χ1v) is 6.22. The molecule has 0 amide bonds. The summed E-state index contributed by atoms with van der Waals surface area (Å²) in [4.78, 5) is 0. The second-order valence-electron chi connectivity index (χ2n) is 4.28. The molecule has 2 heterocycles. The fourth-order valence-corrected chi connectivity index (χ4v) is 1.74. The molecular formula is C11H20N4O3. The molecule has 7 heteroatoms. The lowest BCUT2D eigenvalue weighted by Crippen LogP contribution is -2.18. The van der Waals surface area contributed by atoms with Gasteiger partial charge in [0.15, 0.2) is 0 Å². The molecular weight excluding hydrogens is 236 g/mol. The molecule has 7 nitrogen and oxygen atoms in total. The number of methoxy groups -OCH3 is 1. The molecule has 0 bridgehead atoms. The molecule has 1 aliphatic heterocycles. The minimum absolute atomic E-state index is 0.477. The summed E-state index contributed by atoms with van der Waals surface area (Å²) in [5.41, 5.74) is 0.